The molecule has 0 fully saturated rings. The van der Waals surface area contributed by atoms with Gasteiger partial charge in [-0.2, -0.15) is 18.4 Å². The van der Waals surface area contributed by atoms with Crippen molar-refractivity contribution in [1.29, 1.82) is 5.26 Å². The van der Waals surface area contributed by atoms with Crippen LogP contribution in [0.1, 0.15) is 30.0 Å². The molecule has 0 amide bonds. The van der Waals surface area contributed by atoms with Crippen molar-refractivity contribution >= 4 is 18.1 Å². The van der Waals surface area contributed by atoms with E-state index in [0.717, 1.165) is 42.7 Å². The van der Waals surface area contributed by atoms with Gasteiger partial charge in [-0.15, -0.1) is 12.4 Å². The highest BCUT2D eigenvalue weighted by atomic mass is 35.5. The molecule has 1 heterocycles. The van der Waals surface area contributed by atoms with E-state index in [0.29, 0.717) is 18.5 Å². The van der Waals surface area contributed by atoms with E-state index in [1.54, 1.807) is 18.2 Å². The first kappa shape index (κ1) is 28.6. The van der Waals surface area contributed by atoms with Gasteiger partial charge in [-0.25, -0.2) is 0 Å². The molecule has 2 aromatic carbocycles. The van der Waals surface area contributed by atoms with Crippen LogP contribution in [-0.4, -0.2) is 56.8 Å². The van der Waals surface area contributed by atoms with Gasteiger partial charge in [-0.3, -0.25) is 0 Å². The molecule has 1 atom stereocenters. The van der Waals surface area contributed by atoms with E-state index in [1.807, 2.05) is 13.0 Å². The Labute approximate surface area is 210 Å². The highest BCUT2D eigenvalue weighted by molar-refractivity contribution is 5.85. The summed E-state index contributed by atoms with van der Waals surface area (Å²) in [5.41, 5.74) is 3.89. The second kappa shape index (κ2) is 13.4. The van der Waals surface area contributed by atoms with E-state index in [-0.39, 0.29) is 43.2 Å². The summed E-state index contributed by atoms with van der Waals surface area (Å²) in [6.45, 7) is 3.15. The number of alkyl halides is 3. The number of anilines is 1. The molecule has 0 aromatic heterocycles. The Balaban J connectivity index is 0.00000432. The van der Waals surface area contributed by atoms with E-state index in [1.165, 1.54) is 6.07 Å². The summed E-state index contributed by atoms with van der Waals surface area (Å²) in [7, 11) is 0. The average Bonchev–Trinajstić information content (AvgIpc) is 3.21. The SMILES string of the molecule is CC(Cc1cc(C#N)c2c(c1)CCN2CCCO)NCCOc1ccccc1OCC(F)(F)F.Cl. The molecule has 3 rings (SSSR count). The van der Waals surface area contributed by atoms with Crippen LogP contribution in [0, 0.1) is 11.3 Å². The number of fused-ring (bicyclic) bond motifs is 1. The Bertz CT molecular complexity index is 998. The van der Waals surface area contributed by atoms with Crippen molar-refractivity contribution in [1.82, 2.24) is 5.32 Å². The van der Waals surface area contributed by atoms with Gasteiger partial charge in [0.15, 0.2) is 18.1 Å². The molecule has 0 aliphatic carbocycles. The number of nitriles is 1. The number of nitrogens with one attached hydrogen (secondary N) is 1. The van der Waals surface area contributed by atoms with Crippen LogP contribution in [0.15, 0.2) is 36.4 Å². The lowest BCUT2D eigenvalue weighted by atomic mass is 9.99. The number of para-hydroxylation sites is 2. The molecule has 192 valence electrons. The van der Waals surface area contributed by atoms with E-state index < -0.39 is 12.8 Å². The lowest BCUT2D eigenvalue weighted by Crippen LogP contribution is -2.32. The van der Waals surface area contributed by atoms with Crippen molar-refractivity contribution in [3.63, 3.8) is 0 Å². The van der Waals surface area contributed by atoms with Crippen LogP contribution in [0.25, 0.3) is 0 Å². The summed E-state index contributed by atoms with van der Waals surface area (Å²) >= 11 is 0. The number of rotatable bonds is 12. The van der Waals surface area contributed by atoms with Crippen molar-refractivity contribution in [2.75, 3.05) is 44.4 Å². The molecule has 0 bridgehead atoms. The minimum absolute atomic E-state index is 0. The normalized spacial score (nSPS) is 13.5. The summed E-state index contributed by atoms with van der Waals surface area (Å²) in [6, 6.07) is 12.8. The van der Waals surface area contributed by atoms with Crippen molar-refractivity contribution in [3.8, 4) is 17.6 Å². The summed E-state index contributed by atoms with van der Waals surface area (Å²) in [5.74, 6) is 0.326. The van der Waals surface area contributed by atoms with Gasteiger partial charge in [-0.05, 0) is 55.5 Å². The molecule has 0 saturated heterocycles. The predicted molar refractivity (Wildman–Crippen MR) is 131 cm³/mol. The van der Waals surface area contributed by atoms with Crippen LogP contribution in [0.5, 0.6) is 11.5 Å². The molecule has 2 aromatic rings. The fourth-order valence-electron chi connectivity index (χ4n) is 4.12. The molecular formula is C25H31ClF3N3O3. The first-order valence-electron chi connectivity index (χ1n) is 11.4. The van der Waals surface area contributed by atoms with Crippen molar-refractivity contribution in [2.24, 2.45) is 0 Å². The number of hydrogen-bond donors (Lipinski definition) is 2. The van der Waals surface area contributed by atoms with Crippen molar-refractivity contribution in [2.45, 2.75) is 38.4 Å². The lowest BCUT2D eigenvalue weighted by Gasteiger charge is -2.21. The Hall–Kier alpha value is -2.67. The molecule has 6 nitrogen and oxygen atoms in total. The fourth-order valence-corrected chi connectivity index (χ4v) is 4.12. The maximum atomic E-state index is 12.4. The standard InChI is InChI=1S/C25H30F3N3O3.ClH/c1-18(30-8-12-33-22-5-2-3-6-23(22)34-17-25(26,27)28)13-19-14-20-7-10-31(9-4-11-32)24(20)21(15-19)16-29;/h2-3,5-6,14-15,18,30,32H,4,7-13,17H2,1H3;1H. The quantitative estimate of drug-likeness (QED) is 0.413. The molecule has 0 saturated carbocycles. The van der Waals surface area contributed by atoms with Crippen LogP contribution < -0.4 is 19.7 Å². The first-order chi connectivity index (χ1) is 16.3. The molecule has 0 radical (unpaired) electrons. The largest absolute Gasteiger partial charge is 0.488 e. The molecule has 1 unspecified atom stereocenters. The van der Waals surface area contributed by atoms with Gasteiger partial charge in [0.2, 0.25) is 0 Å². The monoisotopic (exact) mass is 513 g/mol. The number of hydrogen-bond acceptors (Lipinski definition) is 6. The van der Waals surface area contributed by atoms with Crippen LogP contribution in [-0.2, 0) is 12.8 Å². The molecule has 2 N–H and O–H groups in total. The average molecular weight is 514 g/mol. The Morgan fingerprint density at radius 3 is 2.57 bits per heavy atom. The third-order valence-corrected chi connectivity index (χ3v) is 5.56. The van der Waals surface area contributed by atoms with Crippen LogP contribution in [0.2, 0.25) is 0 Å². The second-order valence-corrected chi connectivity index (χ2v) is 8.34. The van der Waals surface area contributed by atoms with Gasteiger partial charge >= 0.3 is 6.18 Å². The molecule has 0 spiro atoms. The molecule has 1 aliphatic rings. The smallest absolute Gasteiger partial charge is 0.422 e. The molecule has 35 heavy (non-hydrogen) atoms. The van der Waals surface area contributed by atoms with Gasteiger partial charge in [0, 0.05) is 32.3 Å². The minimum Gasteiger partial charge on any atom is -0.488 e. The summed E-state index contributed by atoms with van der Waals surface area (Å²) < 4.78 is 47.8. The number of benzene rings is 2. The number of nitrogens with zero attached hydrogens (tertiary/aromatic N) is 2. The highest BCUT2D eigenvalue weighted by Gasteiger charge is 2.29. The van der Waals surface area contributed by atoms with Gasteiger partial charge < -0.3 is 24.8 Å². The zero-order valence-electron chi connectivity index (χ0n) is 19.6. The summed E-state index contributed by atoms with van der Waals surface area (Å²) in [5, 5.41) is 22.1. The van der Waals surface area contributed by atoms with Crippen molar-refractivity contribution < 1.29 is 27.8 Å². The molecular weight excluding hydrogens is 483 g/mol. The van der Waals surface area contributed by atoms with Crippen LogP contribution in [0.4, 0.5) is 18.9 Å². The van der Waals surface area contributed by atoms with Crippen molar-refractivity contribution in [3.05, 3.63) is 53.1 Å². The minimum atomic E-state index is -4.41. The third kappa shape index (κ3) is 8.49. The van der Waals surface area contributed by atoms with E-state index >= 15 is 0 Å². The second-order valence-electron chi connectivity index (χ2n) is 8.34. The summed E-state index contributed by atoms with van der Waals surface area (Å²) in [4.78, 5) is 2.17. The number of aliphatic hydroxyl groups is 1. The fraction of sp³-hybridized carbons (Fsp3) is 0.480. The van der Waals surface area contributed by atoms with E-state index in [4.69, 9.17) is 14.6 Å². The van der Waals surface area contributed by atoms with E-state index in [2.05, 4.69) is 22.4 Å². The first-order valence-corrected chi connectivity index (χ1v) is 11.4. The third-order valence-electron chi connectivity index (χ3n) is 5.56. The number of aliphatic hydroxyl groups excluding tert-OH is 1. The Morgan fingerprint density at radius 2 is 1.91 bits per heavy atom. The zero-order valence-corrected chi connectivity index (χ0v) is 20.4. The zero-order chi connectivity index (χ0) is 24.6. The molecule has 1 aliphatic heterocycles. The van der Waals surface area contributed by atoms with Gasteiger partial charge in [-0.1, -0.05) is 18.2 Å². The summed E-state index contributed by atoms with van der Waals surface area (Å²) in [6.07, 6.45) is -2.13. The lowest BCUT2D eigenvalue weighted by molar-refractivity contribution is -0.153. The Morgan fingerprint density at radius 1 is 1.20 bits per heavy atom. The Kier molecular flexibility index (Phi) is 11.0. The van der Waals surface area contributed by atoms with Crippen LogP contribution in [0.3, 0.4) is 0 Å². The highest BCUT2D eigenvalue weighted by Crippen LogP contribution is 2.33. The maximum Gasteiger partial charge on any atom is 0.422 e. The van der Waals surface area contributed by atoms with Gasteiger partial charge in [0.05, 0.1) is 11.3 Å². The number of ether oxygens (including phenoxy) is 2. The predicted octanol–water partition coefficient (Wildman–Crippen LogP) is 4.27. The maximum absolute atomic E-state index is 12.4. The van der Waals surface area contributed by atoms with E-state index in [9.17, 15) is 18.4 Å². The van der Waals surface area contributed by atoms with Gasteiger partial charge in [0.25, 0.3) is 0 Å². The van der Waals surface area contributed by atoms with Gasteiger partial charge in [0.1, 0.15) is 12.7 Å². The molecule has 10 heteroatoms. The van der Waals surface area contributed by atoms with Crippen LogP contribution >= 0.6 is 12.4 Å². The topological polar surface area (TPSA) is 77.8 Å². The number of halogens is 4.